The standard InChI is InChI=1S/C12H20N2O2/c1-7(2)8-3-4-10(14)9(5-8)12(16)11(15)6-13/h3-5,7,11-12,15-16H,6,13-14H2,1-2H3. The van der Waals surface area contributed by atoms with Gasteiger partial charge in [0.25, 0.3) is 0 Å². The van der Waals surface area contributed by atoms with Gasteiger partial charge in [0.05, 0.1) is 6.10 Å². The predicted octanol–water partition coefficient (Wildman–Crippen LogP) is 0.745. The summed E-state index contributed by atoms with van der Waals surface area (Å²) in [6.45, 7) is 4.12. The monoisotopic (exact) mass is 224 g/mol. The van der Waals surface area contributed by atoms with Crippen LogP contribution in [0.1, 0.15) is 37.0 Å². The summed E-state index contributed by atoms with van der Waals surface area (Å²) in [4.78, 5) is 0. The minimum atomic E-state index is -1.02. The van der Waals surface area contributed by atoms with E-state index in [1.807, 2.05) is 12.1 Å². The zero-order chi connectivity index (χ0) is 12.3. The summed E-state index contributed by atoms with van der Waals surface area (Å²) in [5, 5.41) is 19.4. The highest BCUT2D eigenvalue weighted by Crippen LogP contribution is 2.27. The molecule has 0 aliphatic rings. The van der Waals surface area contributed by atoms with Gasteiger partial charge in [-0.05, 0) is 17.5 Å². The van der Waals surface area contributed by atoms with E-state index in [1.165, 1.54) is 0 Å². The van der Waals surface area contributed by atoms with Gasteiger partial charge in [-0.2, -0.15) is 0 Å². The molecule has 1 rings (SSSR count). The maximum Gasteiger partial charge on any atom is 0.108 e. The first-order chi connectivity index (χ1) is 7.47. The normalized spacial score (nSPS) is 15.1. The lowest BCUT2D eigenvalue weighted by atomic mass is 9.95. The molecule has 0 heterocycles. The molecule has 2 atom stereocenters. The molecule has 90 valence electrons. The average molecular weight is 224 g/mol. The van der Waals surface area contributed by atoms with Gasteiger partial charge in [-0.25, -0.2) is 0 Å². The highest BCUT2D eigenvalue weighted by Gasteiger charge is 2.19. The Kier molecular flexibility index (Phi) is 4.29. The van der Waals surface area contributed by atoms with Crippen molar-refractivity contribution in [1.29, 1.82) is 0 Å². The van der Waals surface area contributed by atoms with E-state index in [0.29, 0.717) is 17.2 Å². The summed E-state index contributed by atoms with van der Waals surface area (Å²) < 4.78 is 0. The molecular weight excluding hydrogens is 204 g/mol. The van der Waals surface area contributed by atoms with Crippen molar-refractivity contribution in [3.05, 3.63) is 29.3 Å². The highest BCUT2D eigenvalue weighted by molar-refractivity contribution is 5.50. The molecular formula is C12H20N2O2. The number of anilines is 1. The molecule has 1 aromatic rings. The Morgan fingerprint density at radius 3 is 2.38 bits per heavy atom. The van der Waals surface area contributed by atoms with Crippen molar-refractivity contribution in [2.45, 2.75) is 32.0 Å². The Hall–Kier alpha value is -1.10. The topological polar surface area (TPSA) is 92.5 Å². The molecule has 0 saturated heterocycles. The van der Waals surface area contributed by atoms with Gasteiger partial charge in [0.1, 0.15) is 6.10 Å². The van der Waals surface area contributed by atoms with Gasteiger partial charge in [-0.1, -0.05) is 26.0 Å². The van der Waals surface area contributed by atoms with Gasteiger partial charge in [0.2, 0.25) is 0 Å². The molecule has 0 saturated carbocycles. The molecule has 0 fully saturated rings. The summed E-state index contributed by atoms with van der Waals surface area (Å²) in [5.74, 6) is 0.349. The molecule has 16 heavy (non-hydrogen) atoms. The highest BCUT2D eigenvalue weighted by atomic mass is 16.3. The molecule has 0 radical (unpaired) electrons. The van der Waals surface area contributed by atoms with Gasteiger partial charge in [0.15, 0.2) is 0 Å². The molecule has 2 unspecified atom stereocenters. The first-order valence-corrected chi connectivity index (χ1v) is 5.42. The smallest absolute Gasteiger partial charge is 0.108 e. The number of nitrogens with two attached hydrogens (primary N) is 2. The van der Waals surface area contributed by atoms with Crippen LogP contribution in [0.25, 0.3) is 0 Å². The van der Waals surface area contributed by atoms with E-state index in [2.05, 4.69) is 13.8 Å². The molecule has 0 aliphatic carbocycles. The zero-order valence-corrected chi connectivity index (χ0v) is 9.72. The Bertz CT molecular complexity index is 353. The van der Waals surface area contributed by atoms with Crippen LogP contribution in [0.15, 0.2) is 18.2 Å². The summed E-state index contributed by atoms with van der Waals surface area (Å²) in [6.07, 6.45) is -2.01. The SMILES string of the molecule is CC(C)c1ccc(N)c(C(O)C(O)CN)c1. The van der Waals surface area contributed by atoms with Gasteiger partial charge in [-0.3, -0.25) is 0 Å². The van der Waals surface area contributed by atoms with Crippen LogP contribution in [0.2, 0.25) is 0 Å². The Morgan fingerprint density at radius 2 is 1.88 bits per heavy atom. The lowest BCUT2D eigenvalue weighted by Gasteiger charge is -2.19. The fourth-order valence-electron chi connectivity index (χ4n) is 1.54. The molecule has 0 spiro atoms. The van der Waals surface area contributed by atoms with Crippen LogP contribution in [-0.4, -0.2) is 22.9 Å². The largest absolute Gasteiger partial charge is 0.398 e. The first-order valence-electron chi connectivity index (χ1n) is 5.42. The summed E-state index contributed by atoms with van der Waals surface area (Å²) >= 11 is 0. The van der Waals surface area contributed by atoms with E-state index in [4.69, 9.17) is 11.5 Å². The molecule has 1 aromatic carbocycles. The van der Waals surface area contributed by atoms with Crippen LogP contribution in [-0.2, 0) is 0 Å². The van der Waals surface area contributed by atoms with Crippen molar-refractivity contribution in [3.8, 4) is 0 Å². The first kappa shape index (κ1) is 13.0. The summed E-state index contributed by atoms with van der Waals surface area (Å²) in [6, 6.07) is 5.49. The Balaban J connectivity index is 3.06. The number of aliphatic hydroxyl groups is 2. The van der Waals surface area contributed by atoms with Crippen LogP contribution in [0.3, 0.4) is 0 Å². The number of hydrogen-bond acceptors (Lipinski definition) is 4. The molecule has 0 amide bonds. The average Bonchev–Trinajstić information content (AvgIpc) is 2.27. The molecule has 0 aromatic heterocycles. The number of nitrogen functional groups attached to an aromatic ring is 1. The molecule has 6 N–H and O–H groups in total. The van der Waals surface area contributed by atoms with Crippen molar-refractivity contribution in [2.24, 2.45) is 5.73 Å². The molecule has 0 bridgehead atoms. The zero-order valence-electron chi connectivity index (χ0n) is 9.72. The van der Waals surface area contributed by atoms with Gasteiger partial charge in [-0.15, -0.1) is 0 Å². The third-order valence-corrected chi connectivity index (χ3v) is 2.70. The van der Waals surface area contributed by atoms with Gasteiger partial charge < -0.3 is 21.7 Å². The fourth-order valence-corrected chi connectivity index (χ4v) is 1.54. The quantitative estimate of drug-likeness (QED) is 0.568. The van der Waals surface area contributed by atoms with E-state index in [-0.39, 0.29) is 6.54 Å². The van der Waals surface area contributed by atoms with E-state index in [1.54, 1.807) is 6.07 Å². The number of benzene rings is 1. The third kappa shape index (κ3) is 2.72. The molecule has 4 heteroatoms. The Labute approximate surface area is 95.9 Å². The van der Waals surface area contributed by atoms with E-state index in [9.17, 15) is 10.2 Å². The summed E-state index contributed by atoms with van der Waals surface area (Å²) in [7, 11) is 0. The second-order valence-corrected chi connectivity index (χ2v) is 4.29. The summed E-state index contributed by atoms with van der Waals surface area (Å²) in [5.41, 5.74) is 13.2. The maximum absolute atomic E-state index is 9.87. The van der Waals surface area contributed by atoms with Crippen LogP contribution in [0.5, 0.6) is 0 Å². The van der Waals surface area contributed by atoms with Crippen LogP contribution in [0.4, 0.5) is 5.69 Å². The number of rotatable bonds is 4. The minimum Gasteiger partial charge on any atom is -0.398 e. The number of aliphatic hydroxyl groups excluding tert-OH is 2. The minimum absolute atomic E-state index is 0.00646. The second kappa shape index (κ2) is 5.30. The number of hydrogen-bond donors (Lipinski definition) is 4. The lowest BCUT2D eigenvalue weighted by Crippen LogP contribution is -2.27. The van der Waals surface area contributed by atoms with Crippen molar-refractivity contribution in [3.63, 3.8) is 0 Å². The molecule has 0 aliphatic heterocycles. The fraction of sp³-hybridized carbons (Fsp3) is 0.500. The van der Waals surface area contributed by atoms with Crippen molar-refractivity contribution in [2.75, 3.05) is 12.3 Å². The van der Waals surface area contributed by atoms with Gasteiger partial charge >= 0.3 is 0 Å². The van der Waals surface area contributed by atoms with Crippen LogP contribution in [0, 0.1) is 0 Å². The van der Waals surface area contributed by atoms with E-state index in [0.717, 1.165) is 5.56 Å². The van der Waals surface area contributed by atoms with Crippen LogP contribution >= 0.6 is 0 Å². The Morgan fingerprint density at radius 1 is 1.25 bits per heavy atom. The van der Waals surface area contributed by atoms with Crippen molar-refractivity contribution < 1.29 is 10.2 Å². The van der Waals surface area contributed by atoms with E-state index >= 15 is 0 Å². The van der Waals surface area contributed by atoms with Crippen molar-refractivity contribution >= 4 is 5.69 Å². The molecule has 4 nitrogen and oxygen atoms in total. The van der Waals surface area contributed by atoms with E-state index < -0.39 is 12.2 Å². The van der Waals surface area contributed by atoms with Crippen molar-refractivity contribution in [1.82, 2.24) is 0 Å². The van der Waals surface area contributed by atoms with Crippen LogP contribution < -0.4 is 11.5 Å². The van der Waals surface area contributed by atoms with Gasteiger partial charge in [0, 0.05) is 17.8 Å². The predicted molar refractivity (Wildman–Crippen MR) is 65.0 cm³/mol. The lowest BCUT2D eigenvalue weighted by molar-refractivity contribution is 0.0247. The maximum atomic E-state index is 9.87. The second-order valence-electron chi connectivity index (χ2n) is 4.29. The third-order valence-electron chi connectivity index (χ3n) is 2.70.